The standard InChI is InChI=1S/C20H36O5Si/c1-23-26(3,24-2)8-4-5-20(22)25-13-14-9-18-15-6-7-17(19(18)10-14)16(11-15)12-21/h14-19,21H,4-13H2,1-3H3. The van der Waals surface area contributed by atoms with Gasteiger partial charge < -0.3 is 18.7 Å². The maximum Gasteiger partial charge on any atom is 0.334 e. The molecule has 0 spiro atoms. The fraction of sp³-hybridized carbons (Fsp3) is 0.950. The minimum atomic E-state index is -2.08. The van der Waals surface area contributed by atoms with Gasteiger partial charge in [-0.1, -0.05) is 0 Å². The lowest BCUT2D eigenvalue weighted by molar-refractivity contribution is -0.145. The summed E-state index contributed by atoms with van der Waals surface area (Å²) in [4.78, 5) is 12.1. The third-order valence-corrected chi connectivity index (χ3v) is 10.6. The van der Waals surface area contributed by atoms with Crippen LogP contribution in [0.15, 0.2) is 0 Å². The highest BCUT2D eigenvalue weighted by Gasteiger charge is 2.52. The van der Waals surface area contributed by atoms with Gasteiger partial charge in [-0.2, -0.15) is 0 Å². The molecule has 0 aliphatic heterocycles. The van der Waals surface area contributed by atoms with Crippen molar-refractivity contribution in [2.24, 2.45) is 35.5 Å². The Kier molecular flexibility index (Phi) is 6.81. The van der Waals surface area contributed by atoms with Gasteiger partial charge in [-0.25, -0.2) is 0 Å². The third kappa shape index (κ3) is 4.34. The first-order valence-electron chi connectivity index (χ1n) is 10.4. The van der Waals surface area contributed by atoms with E-state index in [4.69, 9.17) is 13.6 Å². The van der Waals surface area contributed by atoms with Crippen molar-refractivity contribution >= 4 is 14.5 Å². The molecule has 6 heteroatoms. The Bertz CT molecular complexity index is 481. The molecule has 4 aliphatic rings. The summed E-state index contributed by atoms with van der Waals surface area (Å²) >= 11 is 0. The number of carbonyl (C=O) groups is 1. The molecule has 4 fully saturated rings. The van der Waals surface area contributed by atoms with Crippen LogP contribution in [0.25, 0.3) is 0 Å². The molecule has 0 saturated heterocycles. The summed E-state index contributed by atoms with van der Waals surface area (Å²) in [6, 6.07) is 0.814. The molecule has 0 aromatic carbocycles. The van der Waals surface area contributed by atoms with E-state index in [1.54, 1.807) is 14.2 Å². The summed E-state index contributed by atoms with van der Waals surface area (Å²) in [6.07, 6.45) is 7.48. The molecule has 6 unspecified atom stereocenters. The molecule has 4 rings (SSSR count). The second kappa shape index (κ2) is 8.72. The first-order chi connectivity index (χ1) is 12.5. The van der Waals surface area contributed by atoms with Crippen LogP contribution in [0.2, 0.25) is 12.6 Å². The zero-order valence-corrected chi connectivity index (χ0v) is 17.6. The number of fused-ring (bicyclic) bond motifs is 2. The number of carbonyl (C=O) groups excluding carboxylic acids is 1. The fourth-order valence-corrected chi connectivity index (χ4v) is 7.39. The number of hydrogen-bond acceptors (Lipinski definition) is 5. The number of ether oxygens (including phenoxy) is 1. The topological polar surface area (TPSA) is 65.0 Å². The molecule has 4 saturated carbocycles. The minimum Gasteiger partial charge on any atom is -0.465 e. The second-order valence-corrected chi connectivity index (χ2v) is 12.5. The quantitative estimate of drug-likeness (QED) is 0.488. The van der Waals surface area contributed by atoms with E-state index in [1.807, 2.05) is 6.55 Å². The van der Waals surface area contributed by atoms with Crippen molar-refractivity contribution in [3.63, 3.8) is 0 Å². The maximum absolute atomic E-state index is 12.1. The van der Waals surface area contributed by atoms with Crippen molar-refractivity contribution in [2.75, 3.05) is 27.4 Å². The monoisotopic (exact) mass is 384 g/mol. The number of aliphatic hydroxyl groups is 1. The van der Waals surface area contributed by atoms with E-state index in [-0.39, 0.29) is 5.97 Å². The van der Waals surface area contributed by atoms with Crippen LogP contribution in [0, 0.1) is 35.5 Å². The van der Waals surface area contributed by atoms with Gasteiger partial charge in [0.05, 0.1) is 6.61 Å². The maximum atomic E-state index is 12.1. The lowest BCUT2D eigenvalue weighted by Crippen LogP contribution is -2.43. The summed E-state index contributed by atoms with van der Waals surface area (Å²) in [5.41, 5.74) is 0. The van der Waals surface area contributed by atoms with Gasteiger partial charge in [0, 0.05) is 27.2 Å². The lowest BCUT2D eigenvalue weighted by atomic mass is 9.56. The largest absolute Gasteiger partial charge is 0.465 e. The van der Waals surface area contributed by atoms with Crippen LogP contribution in [0.3, 0.4) is 0 Å². The third-order valence-electron chi connectivity index (χ3n) is 7.59. The van der Waals surface area contributed by atoms with Crippen molar-refractivity contribution < 1.29 is 23.5 Å². The van der Waals surface area contributed by atoms with Gasteiger partial charge in [0.1, 0.15) is 0 Å². The molecule has 0 heterocycles. The minimum absolute atomic E-state index is 0.0837. The Labute approximate surface area is 159 Å². The van der Waals surface area contributed by atoms with Gasteiger partial charge in [-0.05, 0) is 86.6 Å². The Balaban J connectivity index is 1.39. The van der Waals surface area contributed by atoms with Crippen molar-refractivity contribution in [2.45, 2.75) is 57.5 Å². The average molecular weight is 385 g/mol. The molecule has 0 aromatic rings. The van der Waals surface area contributed by atoms with Crippen LogP contribution < -0.4 is 0 Å². The molecule has 5 nitrogen and oxygen atoms in total. The summed E-state index contributed by atoms with van der Waals surface area (Å²) in [5, 5.41) is 9.67. The van der Waals surface area contributed by atoms with Crippen LogP contribution in [-0.2, 0) is 18.4 Å². The highest BCUT2D eigenvalue weighted by Crippen LogP contribution is 2.58. The van der Waals surface area contributed by atoms with Crippen LogP contribution in [0.5, 0.6) is 0 Å². The molecule has 1 N–H and O–H groups in total. The highest BCUT2D eigenvalue weighted by molar-refractivity contribution is 6.65. The molecule has 150 valence electrons. The van der Waals surface area contributed by atoms with Crippen molar-refractivity contribution in [1.82, 2.24) is 0 Å². The smallest absolute Gasteiger partial charge is 0.334 e. The van der Waals surface area contributed by atoms with E-state index in [1.165, 1.54) is 32.1 Å². The van der Waals surface area contributed by atoms with Crippen LogP contribution in [-0.4, -0.2) is 47.1 Å². The van der Waals surface area contributed by atoms with Crippen LogP contribution in [0.1, 0.15) is 44.9 Å². The number of aliphatic hydroxyl groups excluding tert-OH is 1. The van der Waals surface area contributed by atoms with E-state index in [0.29, 0.717) is 37.4 Å². The van der Waals surface area contributed by atoms with E-state index in [2.05, 4.69) is 0 Å². The molecule has 4 aliphatic carbocycles. The van der Waals surface area contributed by atoms with Crippen molar-refractivity contribution in [3.05, 3.63) is 0 Å². The normalized spacial score (nSPS) is 36.2. The van der Waals surface area contributed by atoms with Gasteiger partial charge in [0.15, 0.2) is 0 Å². The van der Waals surface area contributed by atoms with Gasteiger partial charge in [0.25, 0.3) is 0 Å². The predicted molar refractivity (Wildman–Crippen MR) is 102 cm³/mol. The zero-order valence-electron chi connectivity index (χ0n) is 16.6. The highest BCUT2D eigenvalue weighted by atomic mass is 28.4. The molecule has 6 atom stereocenters. The van der Waals surface area contributed by atoms with Gasteiger partial charge in [-0.15, -0.1) is 0 Å². The predicted octanol–water partition coefficient (Wildman–Crippen LogP) is 3.36. The SMILES string of the molecule is CO[Si](C)(CCCC(=O)OCC1CC2C3CCC(C(CO)C3)C2C1)OC. The average Bonchev–Trinajstić information content (AvgIpc) is 3.12. The number of rotatable bonds is 9. The second-order valence-electron chi connectivity index (χ2n) is 8.92. The van der Waals surface area contributed by atoms with E-state index >= 15 is 0 Å². The zero-order chi connectivity index (χ0) is 18.7. The first kappa shape index (κ1) is 20.3. The summed E-state index contributed by atoms with van der Waals surface area (Å²) < 4.78 is 16.5. The van der Waals surface area contributed by atoms with Crippen molar-refractivity contribution in [3.8, 4) is 0 Å². The van der Waals surface area contributed by atoms with E-state index < -0.39 is 8.56 Å². The molecular weight excluding hydrogens is 348 g/mol. The number of esters is 1. The Morgan fingerprint density at radius 1 is 1.08 bits per heavy atom. The van der Waals surface area contributed by atoms with E-state index in [9.17, 15) is 9.90 Å². The molecule has 26 heavy (non-hydrogen) atoms. The summed E-state index contributed by atoms with van der Waals surface area (Å²) in [5.74, 6) is 4.05. The molecule has 0 amide bonds. The Morgan fingerprint density at radius 3 is 2.50 bits per heavy atom. The number of hydrogen-bond donors (Lipinski definition) is 1. The van der Waals surface area contributed by atoms with Crippen LogP contribution in [0.4, 0.5) is 0 Å². The Morgan fingerprint density at radius 2 is 1.81 bits per heavy atom. The molecule has 2 bridgehead atoms. The van der Waals surface area contributed by atoms with Crippen LogP contribution >= 0.6 is 0 Å². The van der Waals surface area contributed by atoms with Gasteiger partial charge >= 0.3 is 14.5 Å². The molecular formula is C20H36O5Si. The summed E-state index contributed by atoms with van der Waals surface area (Å²) in [7, 11) is 1.28. The van der Waals surface area contributed by atoms with Gasteiger partial charge in [0.2, 0.25) is 0 Å². The fourth-order valence-electron chi connectivity index (χ4n) is 6.00. The summed E-state index contributed by atoms with van der Waals surface area (Å²) in [6.45, 7) is 2.96. The lowest BCUT2D eigenvalue weighted by Gasteiger charge is -2.50. The van der Waals surface area contributed by atoms with Gasteiger partial charge in [-0.3, -0.25) is 4.79 Å². The molecule has 0 radical (unpaired) electrons. The first-order valence-corrected chi connectivity index (χ1v) is 12.9. The van der Waals surface area contributed by atoms with Crippen molar-refractivity contribution in [1.29, 1.82) is 0 Å². The molecule has 0 aromatic heterocycles. The van der Waals surface area contributed by atoms with E-state index in [0.717, 1.165) is 30.2 Å². The Hall–Kier alpha value is -0.433.